The van der Waals surface area contributed by atoms with Crippen LogP contribution in [0.2, 0.25) is 0 Å². The van der Waals surface area contributed by atoms with Crippen LogP contribution in [0, 0.1) is 0 Å². The Labute approximate surface area is 225 Å². The second kappa shape index (κ2) is 13.1. The van der Waals surface area contributed by atoms with Crippen molar-refractivity contribution in [1.29, 1.82) is 0 Å². The standard InChI is InChI=1S/C28H39N7O3/c1-6-35(7-2)28-32-26(29-21-13-15-34(16-14-21)19-20-11-9-8-10-12-20)31-27(33-28)30-22-17-23(36-3)25(38-5)24(18-22)37-4/h8-12,17-18,21H,6-7,13-16,19H2,1-5H3,(H2,29,30,31,32,33). The summed E-state index contributed by atoms with van der Waals surface area (Å²) in [4.78, 5) is 18.8. The maximum absolute atomic E-state index is 5.50. The SMILES string of the molecule is CCN(CC)c1nc(Nc2cc(OC)c(OC)c(OC)c2)nc(NC2CCN(Cc3ccccc3)CC2)n1. The van der Waals surface area contributed by atoms with E-state index in [0.29, 0.717) is 41.1 Å². The van der Waals surface area contributed by atoms with Gasteiger partial charge in [0, 0.05) is 56.6 Å². The maximum Gasteiger partial charge on any atom is 0.233 e. The van der Waals surface area contributed by atoms with Crippen molar-refractivity contribution >= 4 is 23.5 Å². The van der Waals surface area contributed by atoms with Crippen molar-refractivity contribution in [2.75, 3.05) is 63.0 Å². The van der Waals surface area contributed by atoms with Crippen LogP contribution in [0.15, 0.2) is 42.5 Å². The number of anilines is 4. The number of hydrogen-bond donors (Lipinski definition) is 2. The highest BCUT2D eigenvalue weighted by atomic mass is 16.5. The summed E-state index contributed by atoms with van der Waals surface area (Å²) in [5, 5.41) is 6.88. The van der Waals surface area contributed by atoms with Gasteiger partial charge in [0.1, 0.15) is 0 Å². The molecule has 4 rings (SSSR count). The van der Waals surface area contributed by atoms with Crippen LogP contribution in [0.25, 0.3) is 0 Å². The molecule has 1 saturated heterocycles. The topological polar surface area (TPSA) is 96.9 Å². The summed E-state index contributed by atoms with van der Waals surface area (Å²) >= 11 is 0. The summed E-state index contributed by atoms with van der Waals surface area (Å²) in [7, 11) is 4.77. The highest BCUT2D eigenvalue weighted by Gasteiger charge is 2.21. The van der Waals surface area contributed by atoms with E-state index >= 15 is 0 Å². The predicted molar refractivity (Wildman–Crippen MR) is 151 cm³/mol. The van der Waals surface area contributed by atoms with Crippen LogP contribution in [0.4, 0.5) is 23.5 Å². The molecule has 2 aromatic carbocycles. The Morgan fingerprint density at radius 2 is 1.50 bits per heavy atom. The Hall–Kier alpha value is -3.79. The lowest BCUT2D eigenvalue weighted by atomic mass is 10.0. The highest BCUT2D eigenvalue weighted by molar-refractivity contribution is 5.66. The Bertz CT molecular complexity index is 1140. The van der Waals surface area contributed by atoms with Gasteiger partial charge in [-0.05, 0) is 32.3 Å². The van der Waals surface area contributed by atoms with Gasteiger partial charge in [0.15, 0.2) is 11.5 Å². The van der Waals surface area contributed by atoms with Gasteiger partial charge >= 0.3 is 0 Å². The quantitative estimate of drug-likeness (QED) is 0.353. The fraction of sp³-hybridized carbons (Fsp3) is 0.464. The van der Waals surface area contributed by atoms with E-state index in [4.69, 9.17) is 29.2 Å². The third-order valence-electron chi connectivity index (χ3n) is 6.76. The van der Waals surface area contributed by atoms with Crippen LogP contribution in [0.5, 0.6) is 17.2 Å². The van der Waals surface area contributed by atoms with Crippen molar-refractivity contribution in [3.8, 4) is 17.2 Å². The van der Waals surface area contributed by atoms with E-state index in [1.165, 1.54) is 5.56 Å². The molecule has 1 aliphatic heterocycles. The average molecular weight is 522 g/mol. The number of rotatable bonds is 12. The van der Waals surface area contributed by atoms with Crippen LogP contribution >= 0.6 is 0 Å². The van der Waals surface area contributed by atoms with Gasteiger partial charge in [0.25, 0.3) is 0 Å². The van der Waals surface area contributed by atoms with Crippen molar-refractivity contribution in [2.24, 2.45) is 0 Å². The summed E-state index contributed by atoms with van der Waals surface area (Å²) in [5.41, 5.74) is 2.07. The lowest BCUT2D eigenvalue weighted by Gasteiger charge is -2.32. The number of aromatic nitrogens is 3. The molecule has 2 N–H and O–H groups in total. The fourth-order valence-electron chi connectivity index (χ4n) is 4.68. The van der Waals surface area contributed by atoms with E-state index in [-0.39, 0.29) is 0 Å². The number of methoxy groups -OCH3 is 3. The van der Waals surface area contributed by atoms with Gasteiger partial charge in [0.05, 0.1) is 21.3 Å². The van der Waals surface area contributed by atoms with Gasteiger partial charge < -0.3 is 29.7 Å². The molecule has 0 saturated carbocycles. The second-order valence-electron chi connectivity index (χ2n) is 9.17. The molecule has 38 heavy (non-hydrogen) atoms. The molecule has 10 heteroatoms. The monoisotopic (exact) mass is 521 g/mol. The van der Waals surface area contributed by atoms with Crippen molar-refractivity contribution in [3.63, 3.8) is 0 Å². The van der Waals surface area contributed by atoms with Gasteiger partial charge in [-0.1, -0.05) is 30.3 Å². The zero-order valence-corrected chi connectivity index (χ0v) is 23.0. The summed E-state index contributed by atoms with van der Waals surface area (Å²) < 4.78 is 16.5. The van der Waals surface area contributed by atoms with Crippen LogP contribution in [-0.2, 0) is 6.54 Å². The summed E-state index contributed by atoms with van der Waals surface area (Å²) in [6.45, 7) is 8.80. The molecule has 1 fully saturated rings. The van der Waals surface area contributed by atoms with Gasteiger partial charge in [-0.3, -0.25) is 4.90 Å². The lowest BCUT2D eigenvalue weighted by Crippen LogP contribution is -2.39. The minimum Gasteiger partial charge on any atom is -0.493 e. The Morgan fingerprint density at radius 3 is 2.08 bits per heavy atom. The maximum atomic E-state index is 5.50. The third-order valence-corrected chi connectivity index (χ3v) is 6.76. The van der Waals surface area contributed by atoms with Gasteiger partial charge in [0.2, 0.25) is 23.6 Å². The summed E-state index contributed by atoms with van der Waals surface area (Å²) in [6, 6.07) is 14.6. The molecule has 0 atom stereocenters. The number of nitrogens with zero attached hydrogens (tertiary/aromatic N) is 5. The molecule has 2 heterocycles. The van der Waals surface area contributed by atoms with E-state index in [2.05, 4.69) is 64.6 Å². The van der Waals surface area contributed by atoms with Gasteiger partial charge in [-0.2, -0.15) is 15.0 Å². The van der Waals surface area contributed by atoms with E-state index in [1.807, 2.05) is 12.1 Å². The first-order valence-electron chi connectivity index (χ1n) is 13.2. The van der Waals surface area contributed by atoms with Crippen molar-refractivity contribution < 1.29 is 14.2 Å². The van der Waals surface area contributed by atoms with Gasteiger partial charge in [-0.15, -0.1) is 0 Å². The predicted octanol–water partition coefficient (Wildman–Crippen LogP) is 4.56. The first kappa shape index (κ1) is 27.3. The number of nitrogens with one attached hydrogen (secondary N) is 2. The average Bonchev–Trinajstić information content (AvgIpc) is 2.94. The number of likely N-dealkylation sites (tertiary alicyclic amines) is 1. The zero-order chi connectivity index (χ0) is 26.9. The molecule has 1 aromatic heterocycles. The Kier molecular flexibility index (Phi) is 9.42. The van der Waals surface area contributed by atoms with Crippen molar-refractivity contribution in [2.45, 2.75) is 39.3 Å². The first-order chi connectivity index (χ1) is 18.6. The van der Waals surface area contributed by atoms with Crippen LogP contribution in [-0.4, -0.2) is 73.4 Å². The van der Waals surface area contributed by atoms with Crippen LogP contribution < -0.4 is 29.7 Å². The third kappa shape index (κ3) is 6.74. The molecule has 10 nitrogen and oxygen atoms in total. The summed E-state index contributed by atoms with van der Waals surface area (Å²) in [5.74, 6) is 3.27. The molecule has 1 aliphatic rings. The molecule has 0 spiro atoms. The molecular weight excluding hydrogens is 482 g/mol. The largest absolute Gasteiger partial charge is 0.493 e. The van der Waals surface area contributed by atoms with Crippen LogP contribution in [0.3, 0.4) is 0 Å². The molecule has 204 valence electrons. The minimum absolute atomic E-state index is 0.294. The second-order valence-corrected chi connectivity index (χ2v) is 9.17. The molecule has 0 radical (unpaired) electrons. The lowest BCUT2D eigenvalue weighted by molar-refractivity contribution is 0.211. The molecule has 3 aromatic rings. The molecular formula is C28H39N7O3. The number of benzene rings is 2. The molecule has 0 amide bonds. The minimum atomic E-state index is 0.294. The smallest absolute Gasteiger partial charge is 0.233 e. The van der Waals surface area contributed by atoms with Crippen molar-refractivity contribution in [3.05, 3.63) is 48.0 Å². The highest BCUT2D eigenvalue weighted by Crippen LogP contribution is 2.40. The van der Waals surface area contributed by atoms with E-state index in [9.17, 15) is 0 Å². The Morgan fingerprint density at radius 1 is 0.868 bits per heavy atom. The van der Waals surface area contributed by atoms with E-state index < -0.39 is 0 Å². The molecule has 0 aliphatic carbocycles. The number of ether oxygens (including phenoxy) is 3. The van der Waals surface area contributed by atoms with Crippen molar-refractivity contribution in [1.82, 2.24) is 19.9 Å². The summed E-state index contributed by atoms with van der Waals surface area (Å²) in [6.07, 6.45) is 2.05. The number of piperidine rings is 1. The molecule has 0 unspecified atom stereocenters. The van der Waals surface area contributed by atoms with E-state index in [1.54, 1.807) is 21.3 Å². The fourth-order valence-corrected chi connectivity index (χ4v) is 4.68. The Balaban J connectivity index is 1.51. The first-order valence-corrected chi connectivity index (χ1v) is 13.2. The molecule has 0 bridgehead atoms. The van der Waals surface area contributed by atoms with Crippen LogP contribution in [0.1, 0.15) is 32.3 Å². The normalized spacial score (nSPS) is 14.1. The number of hydrogen-bond acceptors (Lipinski definition) is 10. The zero-order valence-electron chi connectivity index (χ0n) is 23.0. The van der Waals surface area contributed by atoms with Gasteiger partial charge in [-0.25, -0.2) is 0 Å². The van der Waals surface area contributed by atoms with E-state index in [0.717, 1.165) is 51.3 Å².